The molecule has 1 aliphatic carbocycles. The van der Waals surface area contributed by atoms with Crippen LogP contribution in [0.5, 0.6) is 5.75 Å². The van der Waals surface area contributed by atoms with E-state index in [1.807, 2.05) is 25.4 Å². The average Bonchev–Trinajstić information content (AvgIpc) is 3.75. The fourth-order valence-electron chi connectivity index (χ4n) is 10.4. The predicted octanol–water partition coefficient (Wildman–Crippen LogP) is 3.44. The van der Waals surface area contributed by atoms with E-state index in [0.29, 0.717) is 28.6 Å². The Morgan fingerprint density at radius 1 is 0.825 bits per heavy atom. The van der Waals surface area contributed by atoms with Gasteiger partial charge in [-0.15, -0.1) is 0 Å². The number of benzene rings is 2. The first-order valence-electron chi connectivity index (χ1n) is 20.2. The second-order valence-corrected chi connectivity index (χ2v) is 16.7. The lowest BCUT2D eigenvalue weighted by atomic mass is 9.60. The Hall–Kier alpha value is -5.35. The number of anilines is 2. The molecular formula is C41H49N9O7. The first-order chi connectivity index (χ1) is 27.5. The lowest BCUT2D eigenvalue weighted by Crippen LogP contribution is -2.60. The van der Waals surface area contributed by atoms with Gasteiger partial charge in [-0.05, 0) is 68.6 Å². The molecule has 1 atom stereocenters. The number of carbonyl (C=O) groups is 4. The average molecular weight is 780 g/mol. The number of nitrogens with zero attached hydrogens (tertiary/aromatic N) is 8. The Morgan fingerprint density at radius 3 is 2.14 bits per heavy atom. The zero-order valence-corrected chi connectivity index (χ0v) is 32.5. The van der Waals surface area contributed by atoms with Crippen molar-refractivity contribution in [3.05, 3.63) is 64.0 Å². The first kappa shape index (κ1) is 37.2. The van der Waals surface area contributed by atoms with Crippen LogP contribution in [0.2, 0.25) is 0 Å². The second kappa shape index (κ2) is 14.5. The van der Waals surface area contributed by atoms with E-state index < -0.39 is 28.7 Å². The van der Waals surface area contributed by atoms with Crippen molar-refractivity contribution in [2.75, 3.05) is 69.3 Å². The van der Waals surface area contributed by atoms with Gasteiger partial charge >= 0.3 is 5.69 Å². The molecule has 6 aliphatic rings. The number of carbonyl (C=O) groups excluding carboxylic acids is 4. The lowest BCUT2D eigenvalue weighted by Gasteiger charge is -2.57. The summed E-state index contributed by atoms with van der Waals surface area (Å²) < 4.78 is 7.17. The third-order valence-electron chi connectivity index (χ3n) is 13.6. The molecule has 5 aliphatic heterocycles. The Bertz CT molecular complexity index is 2120. The molecule has 0 radical (unpaired) electrons. The topological polar surface area (TPSA) is 167 Å². The number of nitro groups is 1. The highest BCUT2D eigenvalue weighted by Crippen LogP contribution is 2.52. The van der Waals surface area contributed by atoms with Gasteiger partial charge in [0, 0.05) is 119 Å². The molecule has 16 heteroatoms. The van der Waals surface area contributed by atoms with Crippen molar-refractivity contribution >= 4 is 40.7 Å². The van der Waals surface area contributed by atoms with E-state index in [-0.39, 0.29) is 30.2 Å². The molecule has 0 bridgehead atoms. The maximum Gasteiger partial charge on any atom is 0.311 e. The molecule has 300 valence electrons. The molecule has 1 N–H and O–H groups in total. The molecule has 57 heavy (non-hydrogen) atoms. The SMILES string of the molecule is COc1cc(N2CCC(N3CCN(C4CC5(CCN(c6ccc7c(c6)C(=O)N(C6CCC(=O)NC6=O)C7=O)CC5)C4)CC3)CC2)c(-c2cnn(C)c2)cc1[N+](=O)[O-]. The van der Waals surface area contributed by atoms with Crippen LogP contribution in [-0.4, -0.2) is 131 Å². The van der Waals surface area contributed by atoms with E-state index in [2.05, 4.69) is 30.0 Å². The highest BCUT2D eigenvalue weighted by molar-refractivity contribution is 6.23. The number of amides is 4. The number of piperazine rings is 1. The van der Waals surface area contributed by atoms with Crippen molar-refractivity contribution in [3.63, 3.8) is 0 Å². The summed E-state index contributed by atoms with van der Waals surface area (Å²) in [5.41, 5.74) is 4.45. The molecule has 1 spiro atoms. The van der Waals surface area contributed by atoms with Crippen molar-refractivity contribution in [3.8, 4) is 16.9 Å². The molecule has 3 aromatic rings. The summed E-state index contributed by atoms with van der Waals surface area (Å²) in [4.78, 5) is 73.2. The predicted molar refractivity (Wildman–Crippen MR) is 210 cm³/mol. The number of fused-ring (bicyclic) bond motifs is 1. The minimum atomic E-state index is -0.963. The van der Waals surface area contributed by atoms with Crippen LogP contribution >= 0.6 is 0 Å². The van der Waals surface area contributed by atoms with Crippen LogP contribution in [0, 0.1) is 15.5 Å². The quantitative estimate of drug-likeness (QED) is 0.201. The van der Waals surface area contributed by atoms with Crippen molar-refractivity contribution in [2.24, 2.45) is 12.5 Å². The molecule has 4 amide bonds. The number of rotatable bonds is 8. The zero-order valence-electron chi connectivity index (χ0n) is 32.5. The number of aryl methyl sites for hydroxylation is 1. The molecule has 1 saturated carbocycles. The molecular weight excluding hydrogens is 731 g/mol. The number of hydrogen-bond acceptors (Lipinski definition) is 12. The number of methoxy groups -OCH3 is 1. The summed E-state index contributed by atoms with van der Waals surface area (Å²) >= 11 is 0. The number of nitrogens with one attached hydrogen (secondary N) is 1. The Balaban J connectivity index is 0.754. The van der Waals surface area contributed by atoms with Crippen molar-refractivity contribution in [1.82, 2.24) is 29.8 Å². The van der Waals surface area contributed by atoms with E-state index in [0.717, 1.165) is 105 Å². The Morgan fingerprint density at radius 2 is 1.51 bits per heavy atom. The number of ether oxygens (including phenoxy) is 1. The van der Waals surface area contributed by atoms with Crippen molar-refractivity contribution in [2.45, 2.75) is 69.5 Å². The summed E-state index contributed by atoms with van der Waals surface area (Å²) in [5.74, 6) is -1.66. The minimum Gasteiger partial charge on any atom is -0.490 e. The smallest absolute Gasteiger partial charge is 0.311 e. The van der Waals surface area contributed by atoms with Gasteiger partial charge in [0.1, 0.15) is 6.04 Å². The Kier molecular flexibility index (Phi) is 9.50. The van der Waals surface area contributed by atoms with E-state index in [1.54, 1.807) is 29.1 Å². The molecule has 4 saturated heterocycles. The number of hydrogen-bond donors (Lipinski definition) is 1. The molecule has 16 nitrogen and oxygen atoms in total. The van der Waals surface area contributed by atoms with Gasteiger partial charge in [0.15, 0.2) is 5.75 Å². The van der Waals surface area contributed by atoms with Gasteiger partial charge in [0.05, 0.1) is 29.4 Å². The van der Waals surface area contributed by atoms with E-state index in [1.165, 1.54) is 20.0 Å². The standard InChI is InChI=1S/C41H49N9O7/c1-44-25-26(24-42-44)31-20-35(50(55)56)36(57-2)21-34(31)48-11-7-27(8-12-48)46-15-17-47(18-16-46)29-22-41(23-29)9-13-45(14-10-41)28-3-4-30-32(19-28)40(54)49(39(30)53)33-5-6-37(51)43-38(33)52/h3-4,19-21,24-25,27,29,33H,5-18,22-23H2,1-2H3,(H,43,51,52). The maximum absolute atomic E-state index is 13.4. The number of imide groups is 2. The van der Waals surface area contributed by atoms with Crippen LogP contribution < -0.4 is 19.9 Å². The summed E-state index contributed by atoms with van der Waals surface area (Å²) in [5, 5.41) is 18.4. The van der Waals surface area contributed by atoms with Crippen LogP contribution in [0.3, 0.4) is 0 Å². The molecule has 6 heterocycles. The van der Waals surface area contributed by atoms with E-state index >= 15 is 0 Å². The van der Waals surface area contributed by atoms with Crippen LogP contribution in [-0.2, 0) is 16.6 Å². The molecule has 1 unspecified atom stereocenters. The van der Waals surface area contributed by atoms with E-state index in [4.69, 9.17) is 4.74 Å². The highest BCUT2D eigenvalue weighted by atomic mass is 16.6. The maximum atomic E-state index is 13.4. The summed E-state index contributed by atoms with van der Waals surface area (Å²) in [6, 6.07) is 9.02. The van der Waals surface area contributed by atoms with Crippen LogP contribution in [0.15, 0.2) is 42.7 Å². The Labute approximate surface area is 330 Å². The molecule has 5 fully saturated rings. The first-order valence-corrected chi connectivity index (χ1v) is 20.2. The van der Waals surface area contributed by atoms with Gasteiger partial charge in [0.25, 0.3) is 11.8 Å². The third kappa shape index (κ3) is 6.71. The van der Waals surface area contributed by atoms with Crippen LogP contribution in [0.1, 0.15) is 72.1 Å². The minimum absolute atomic E-state index is 0.0492. The van der Waals surface area contributed by atoms with Crippen molar-refractivity contribution in [1.29, 1.82) is 0 Å². The van der Waals surface area contributed by atoms with Gasteiger partial charge in [-0.2, -0.15) is 5.10 Å². The summed E-state index contributed by atoms with van der Waals surface area (Å²) in [7, 11) is 3.32. The van der Waals surface area contributed by atoms with Gasteiger partial charge in [0.2, 0.25) is 11.8 Å². The summed E-state index contributed by atoms with van der Waals surface area (Å²) in [6.07, 6.45) is 10.6. The summed E-state index contributed by atoms with van der Waals surface area (Å²) in [6.45, 7) is 7.80. The van der Waals surface area contributed by atoms with Gasteiger partial charge < -0.3 is 14.5 Å². The third-order valence-corrected chi connectivity index (χ3v) is 13.6. The molecule has 9 rings (SSSR count). The molecule has 2 aromatic carbocycles. The van der Waals surface area contributed by atoms with Crippen LogP contribution in [0.4, 0.5) is 17.1 Å². The number of nitro benzene ring substituents is 1. The fourth-order valence-corrected chi connectivity index (χ4v) is 10.4. The normalized spacial score (nSPS) is 23.5. The van der Waals surface area contributed by atoms with Gasteiger partial charge in [-0.25, -0.2) is 0 Å². The highest BCUT2D eigenvalue weighted by Gasteiger charge is 2.49. The van der Waals surface area contributed by atoms with Crippen molar-refractivity contribution < 1.29 is 28.8 Å². The van der Waals surface area contributed by atoms with Crippen LogP contribution in [0.25, 0.3) is 11.1 Å². The van der Waals surface area contributed by atoms with Gasteiger partial charge in [-0.3, -0.25) is 54.0 Å². The number of aromatic nitrogens is 2. The number of piperidine rings is 3. The zero-order chi connectivity index (χ0) is 39.6. The van der Waals surface area contributed by atoms with E-state index in [9.17, 15) is 29.3 Å². The lowest BCUT2D eigenvalue weighted by molar-refractivity contribution is -0.385. The molecule has 1 aromatic heterocycles. The van der Waals surface area contributed by atoms with Gasteiger partial charge in [-0.1, -0.05) is 0 Å². The second-order valence-electron chi connectivity index (χ2n) is 16.7. The monoisotopic (exact) mass is 779 g/mol. The fraction of sp³-hybridized carbons (Fsp3) is 0.537. The largest absolute Gasteiger partial charge is 0.490 e.